The summed E-state index contributed by atoms with van der Waals surface area (Å²) < 4.78 is 0. The van der Waals surface area contributed by atoms with Crippen LogP contribution in [-0.2, 0) is 0 Å². The SMILES string of the molecule is O=[N+]([O-])c1cc2c(cc1/C=C\c1ccccc1)[C@H](O)[C@@H](c1ccccc1)N2. The Bertz CT molecular complexity index is 1000. The Balaban J connectivity index is 1.72. The van der Waals surface area contributed by atoms with Crippen LogP contribution in [0.2, 0.25) is 0 Å². The summed E-state index contributed by atoms with van der Waals surface area (Å²) in [6.45, 7) is 0. The summed E-state index contributed by atoms with van der Waals surface area (Å²) in [5.41, 5.74) is 3.63. The lowest BCUT2D eigenvalue weighted by atomic mass is 9.98. The second kappa shape index (κ2) is 7.05. The van der Waals surface area contributed by atoms with E-state index in [1.165, 1.54) is 6.07 Å². The minimum absolute atomic E-state index is 0.00865. The first kappa shape index (κ1) is 17.0. The van der Waals surface area contributed by atoms with Gasteiger partial charge in [-0.25, -0.2) is 0 Å². The summed E-state index contributed by atoms with van der Waals surface area (Å²) in [6.07, 6.45) is 2.78. The maximum absolute atomic E-state index is 11.5. The lowest BCUT2D eigenvalue weighted by Crippen LogP contribution is -2.10. The van der Waals surface area contributed by atoms with Crippen LogP contribution >= 0.6 is 0 Å². The van der Waals surface area contributed by atoms with E-state index in [0.717, 1.165) is 11.1 Å². The van der Waals surface area contributed by atoms with E-state index in [0.29, 0.717) is 16.8 Å². The zero-order valence-electron chi connectivity index (χ0n) is 14.4. The first-order valence-corrected chi connectivity index (χ1v) is 8.68. The van der Waals surface area contributed by atoms with Gasteiger partial charge in [-0.2, -0.15) is 0 Å². The van der Waals surface area contributed by atoms with Gasteiger partial charge in [0.15, 0.2) is 0 Å². The van der Waals surface area contributed by atoms with E-state index in [9.17, 15) is 15.2 Å². The van der Waals surface area contributed by atoms with Crippen molar-refractivity contribution in [1.29, 1.82) is 0 Å². The monoisotopic (exact) mass is 358 g/mol. The standard InChI is InChI=1S/C22H18N2O3/c25-22-18-13-17(12-11-15-7-3-1-4-8-15)20(24(26)27)14-19(18)23-21(22)16-9-5-2-6-10-16/h1-14,21-23,25H/b12-11-/t21-,22+/m1/s1. The zero-order chi connectivity index (χ0) is 18.8. The highest BCUT2D eigenvalue weighted by Crippen LogP contribution is 2.45. The van der Waals surface area contributed by atoms with Crippen LogP contribution in [-0.4, -0.2) is 10.0 Å². The lowest BCUT2D eigenvalue weighted by molar-refractivity contribution is -0.385. The molecule has 0 fully saturated rings. The van der Waals surface area contributed by atoms with E-state index >= 15 is 0 Å². The number of nitrogens with one attached hydrogen (secondary N) is 1. The van der Waals surface area contributed by atoms with Crippen molar-refractivity contribution in [3.63, 3.8) is 0 Å². The summed E-state index contributed by atoms with van der Waals surface area (Å²) in [6, 6.07) is 22.1. The van der Waals surface area contributed by atoms with Gasteiger partial charge in [0, 0.05) is 17.3 Å². The van der Waals surface area contributed by atoms with Crippen molar-refractivity contribution in [2.45, 2.75) is 12.1 Å². The van der Waals surface area contributed by atoms with Gasteiger partial charge in [-0.1, -0.05) is 66.7 Å². The van der Waals surface area contributed by atoms with Crippen molar-refractivity contribution < 1.29 is 10.0 Å². The molecular weight excluding hydrogens is 340 g/mol. The van der Waals surface area contributed by atoms with Crippen LogP contribution in [0, 0.1) is 10.1 Å². The van der Waals surface area contributed by atoms with E-state index in [2.05, 4.69) is 5.32 Å². The first-order chi connectivity index (χ1) is 13.1. The van der Waals surface area contributed by atoms with Crippen molar-refractivity contribution in [1.82, 2.24) is 0 Å². The number of nitrogens with zero attached hydrogens (tertiary/aromatic N) is 1. The molecule has 0 saturated carbocycles. The van der Waals surface area contributed by atoms with Gasteiger partial charge >= 0.3 is 0 Å². The third kappa shape index (κ3) is 3.32. The summed E-state index contributed by atoms with van der Waals surface area (Å²) in [5, 5.41) is 25.5. The summed E-state index contributed by atoms with van der Waals surface area (Å²) in [4.78, 5) is 11.2. The van der Waals surface area contributed by atoms with Crippen molar-refractivity contribution in [3.8, 4) is 0 Å². The zero-order valence-corrected chi connectivity index (χ0v) is 14.4. The Labute approximate surface area is 156 Å². The van der Waals surface area contributed by atoms with Gasteiger partial charge in [0.05, 0.1) is 16.5 Å². The minimum atomic E-state index is -0.771. The molecule has 3 aromatic carbocycles. The van der Waals surface area contributed by atoms with Gasteiger partial charge < -0.3 is 10.4 Å². The van der Waals surface area contributed by atoms with E-state index in [1.54, 1.807) is 12.1 Å². The molecule has 0 aromatic heterocycles. The van der Waals surface area contributed by atoms with Crippen LogP contribution in [0.1, 0.15) is 34.4 Å². The Morgan fingerprint density at radius 3 is 2.30 bits per heavy atom. The number of benzene rings is 3. The Kier molecular flexibility index (Phi) is 4.44. The van der Waals surface area contributed by atoms with Crippen molar-refractivity contribution in [2.24, 2.45) is 0 Å². The molecule has 4 rings (SSSR count). The highest BCUT2D eigenvalue weighted by atomic mass is 16.6. The predicted octanol–water partition coefficient (Wildman–Crippen LogP) is 4.97. The number of fused-ring (bicyclic) bond motifs is 1. The molecule has 5 nitrogen and oxygen atoms in total. The Hall–Kier alpha value is -3.44. The average Bonchev–Trinajstić information content (AvgIpc) is 3.03. The molecule has 3 aromatic rings. The topological polar surface area (TPSA) is 75.4 Å². The smallest absolute Gasteiger partial charge is 0.278 e. The molecular formula is C22H18N2O3. The largest absolute Gasteiger partial charge is 0.386 e. The third-order valence-corrected chi connectivity index (χ3v) is 4.75. The van der Waals surface area contributed by atoms with Crippen LogP contribution in [0.25, 0.3) is 12.2 Å². The minimum Gasteiger partial charge on any atom is -0.386 e. The summed E-state index contributed by atoms with van der Waals surface area (Å²) in [7, 11) is 0. The number of aliphatic hydroxyl groups excluding tert-OH is 1. The van der Waals surface area contributed by atoms with E-state index in [-0.39, 0.29) is 11.7 Å². The van der Waals surface area contributed by atoms with E-state index in [1.807, 2.05) is 66.7 Å². The van der Waals surface area contributed by atoms with Crippen LogP contribution < -0.4 is 5.32 Å². The quantitative estimate of drug-likeness (QED) is 0.392. The molecule has 1 aliphatic heterocycles. The summed E-state index contributed by atoms with van der Waals surface area (Å²) in [5.74, 6) is 0. The van der Waals surface area contributed by atoms with Crippen LogP contribution in [0.3, 0.4) is 0 Å². The highest BCUT2D eigenvalue weighted by molar-refractivity contribution is 5.78. The van der Waals surface area contributed by atoms with Gasteiger partial charge in [0.2, 0.25) is 0 Å². The predicted molar refractivity (Wildman–Crippen MR) is 106 cm³/mol. The van der Waals surface area contributed by atoms with Crippen molar-refractivity contribution >= 4 is 23.5 Å². The second-order valence-electron chi connectivity index (χ2n) is 6.48. The molecule has 0 aliphatic carbocycles. The molecule has 2 atom stereocenters. The Morgan fingerprint density at radius 2 is 1.63 bits per heavy atom. The van der Waals surface area contributed by atoms with Crippen LogP contribution in [0.15, 0.2) is 72.8 Å². The molecule has 0 unspecified atom stereocenters. The van der Waals surface area contributed by atoms with Gasteiger partial charge in [-0.15, -0.1) is 0 Å². The summed E-state index contributed by atoms with van der Waals surface area (Å²) >= 11 is 0. The maximum atomic E-state index is 11.5. The first-order valence-electron chi connectivity index (χ1n) is 8.68. The molecule has 0 bridgehead atoms. The molecule has 0 saturated heterocycles. The number of hydrogen-bond acceptors (Lipinski definition) is 4. The molecule has 5 heteroatoms. The number of hydrogen-bond donors (Lipinski definition) is 2. The van der Waals surface area contributed by atoms with Gasteiger partial charge in [-0.3, -0.25) is 10.1 Å². The van der Waals surface area contributed by atoms with E-state index in [4.69, 9.17) is 0 Å². The number of nitro groups is 1. The van der Waals surface area contributed by atoms with Gasteiger partial charge in [0.25, 0.3) is 5.69 Å². The lowest BCUT2D eigenvalue weighted by Gasteiger charge is -2.15. The fourth-order valence-electron chi connectivity index (χ4n) is 3.39. The number of aliphatic hydroxyl groups is 1. The van der Waals surface area contributed by atoms with Crippen molar-refractivity contribution in [3.05, 3.63) is 105 Å². The van der Waals surface area contributed by atoms with Gasteiger partial charge in [0.1, 0.15) is 6.10 Å². The fraction of sp³-hybridized carbons (Fsp3) is 0.0909. The van der Waals surface area contributed by atoms with Gasteiger partial charge in [-0.05, 0) is 23.3 Å². The molecule has 1 heterocycles. The maximum Gasteiger partial charge on any atom is 0.278 e. The molecule has 0 amide bonds. The molecule has 134 valence electrons. The molecule has 27 heavy (non-hydrogen) atoms. The second-order valence-corrected chi connectivity index (χ2v) is 6.48. The molecule has 0 radical (unpaired) electrons. The molecule has 1 aliphatic rings. The third-order valence-electron chi connectivity index (χ3n) is 4.75. The average molecular weight is 358 g/mol. The van der Waals surface area contributed by atoms with Crippen LogP contribution in [0.4, 0.5) is 11.4 Å². The van der Waals surface area contributed by atoms with E-state index < -0.39 is 11.0 Å². The highest BCUT2D eigenvalue weighted by Gasteiger charge is 2.33. The number of rotatable bonds is 4. The molecule has 2 N–H and O–H groups in total. The Morgan fingerprint density at radius 1 is 0.963 bits per heavy atom. The number of anilines is 1. The molecule has 0 spiro atoms. The van der Waals surface area contributed by atoms with Crippen molar-refractivity contribution in [2.75, 3.05) is 5.32 Å². The van der Waals surface area contributed by atoms with Crippen LogP contribution in [0.5, 0.6) is 0 Å². The fourth-order valence-corrected chi connectivity index (χ4v) is 3.39. The normalized spacial score (nSPS) is 18.3. The number of nitro benzene ring substituents is 1.